The Labute approximate surface area is 95.3 Å². The Bertz CT molecular complexity index is 324. The summed E-state index contributed by atoms with van der Waals surface area (Å²) in [5.74, 6) is 1.16. The summed E-state index contributed by atoms with van der Waals surface area (Å²) in [4.78, 5) is 15.3. The molecule has 0 radical (unpaired) electrons. The van der Waals surface area contributed by atoms with Gasteiger partial charge in [0, 0.05) is 11.5 Å². The number of aryl methyl sites for hydroxylation is 1. The minimum Gasteiger partial charge on any atom is -0.477 e. The van der Waals surface area contributed by atoms with Gasteiger partial charge in [-0.05, 0) is 13.2 Å². The summed E-state index contributed by atoms with van der Waals surface area (Å²) >= 11 is 4.66. The van der Waals surface area contributed by atoms with E-state index in [1.807, 2.05) is 0 Å². The average molecular weight is 249 g/mol. The van der Waals surface area contributed by atoms with Crippen LogP contribution < -0.4 is 0 Å². The number of nitrogens with zero attached hydrogens (tertiary/aromatic N) is 1. The Morgan fingerprint density at radius 2 is 2.29 bits per heavy atom. The van der Waals surface area contributed by atoms with Crippen LogP contribution in [-0.2, 0) is 0 Å². The number of thioether (sulfide) groups is 2. The van der Waals surface area contributed by atoms with E-state index < -0.39 is 5.97 Å². The second kappa shape index (κ2) is 5.63. The third-order valence-corrected chi connectivity index (χ3v) is 4.65. The van der Waals surface area contributed by atoms with Crippen molar-refractivity contribution < 1.29 is 9.90 Å². The second-order valence-corrected chi connectivity index (χ2v) is 5.87. The molecule has 1 aromatic rings. The number of aromatic carboxylic acids is 1. The summed E-state index contributed by atoms with van der Waals surface area (Å²) in [6.07, 6.45) is 2.05. The van der Waals surface area contributed by atoms with Crippen molar-refractivity contribution in [3.63, 3.8) is 0 Å². The van der Waals surface area contributed by atoms with Crippen molar-refractivity contribution in [3.05, 3.63) is 10.6 Å². The van der Waals surface area contributed by atoms with Crippen LogP contribution in [0.25, 0.3) is 0 Å². The van der Waals surface area contributed by atoms with Gasteiger partial charge in [-0.1, -0.05) is 11.8 Å². The molecule has 0 atom stereocenters. The van der Waals surface area contributed by atoms with Crippen LogP contribution in [0.2, 0.25) is 0 Å². The quantitative estimate of drug-likeness (QED) is 0.642. The summed E-state index contributed by atoms with van der Waals surface area (Å²) < 4.78 is 0.856. The molecule has 0 fully saturated rings. The van der Waals surface area contributed by atoms with Gasteiger partial charge in [0.2, 0.25) is 0 Å². The molecule has 0 saturated carbocycles. The van der Waals surface area contributed by atoms with Gasteiger partial charge >= 0.3 is 5.97 Å². The molecule has 1 rings (SSSR count). The maximum absolute atomic E-state index is 10.7. The van der Waals surface area contributed by atoms with Crippen molar-refractivity contribution >= 4 is 40.8 Å². The first-order valence-electron chi connectivity index (χ1n) is 3.97. The van der Waals surface area contributed by atoms with E-state index in [9.17, 15) is 4.79 Å². The van der Waals surface area contributed by atoms with Gasteiger partial charge in [-0.15, -0.1) is 11.3 Å². The number of carboxylic acid groups (broad SMARTS) is 1. The van der Waals surface area contributed by atoms with Gasteiger partial charge < -0.3 is 5.11 Å². The highest BCUT2D eigenvalue weighted by molar-refractivity contribution is 8.03. The van der Waals surface area contributed by atoms with Gasteiger partial charge in [0.25, 0.3) is 0 Å². The summed E-state index contributed by atoms with van der Waals surface area (Å²) in [5, 5.41) is 8.81. The molecule has 0 spiro atoms. The van der Waals surface area contributed by atoms with Crippen LogP contribution in [0, 0.1) is 6.92 Å². The molecule has 0 aliphatic heterocycles. The molecule has 6 heteroatoms. The maximum Gasteiger partial charge on any atom is 0.347 e. The summed E-state index contributed by atoms with van der Waals surface area (Å²) in [6.45, 7) is 1.73. The van der Waals surface area contributed by atoms with Gasteiger partial charge in [-0.2, -0.15) is 11.8 Å². The van der Waals surface area contributed by atoms with E-state index in [-0.39, 0.29) is 0 Å². The highest BCUT2D eigenvalue weighted by Gasteiger charge is 2.13. The van der Waals surface area contributed by atoms with Crippen molar-refractivity contribution in [2.75, 3.05) is 17.8 Å². The number of thiazole rings is 1. The third-order valence-electron chi connectivity index (χ3n) is 1.48. The number of hydrogen-bond acceptors (Lipinski definition) is 5. The molecule has 0 saturated heterocycles. The molecular formula is C8H11NO2S3. The predicted octanol–water partition coefficient (Wildman–Crippen LogP) is 2.60. The minimum absolute atomic E-state index is 0.358. The molecule has 0 unspecified atom stereocenters. The summed E-state index contributed by atoms with van der Waals surface area (Å²) in [5.41, 5.74) is 0.620. The fourth-order valence-electron chi connectivity index (χ4n) is 0.844. The predicted molar refractivity (Wildman–Crippen MR) is 62.9 cm³/mol. The van der Waals surface area contributed by atoms with Crippen molar-refractivity contribution in [2.45, 2.75) is 11.3 Å². The SMILES string of the molecule is CSCCSc1nc(C)c(C(=O)O)s1. The Hall–Kier alpha value is -0.200. The summed E-state index contributed by atoms with van der Waals surface area (Å²) in [6, 6.07) is 0. The van der Waals surface area contributed by atoms with Crippen molar-refractivity contribution in [1.29, 1.82) is 0 Å². The number of carboxylic acids is 1. The van der Waals surface area contributed by atoms with Crippen LogP contribution in [0.1, 0.15) is 15.4 Å². The molecule has 1 aromatic heterocycles. The zero-order valence-electron chi connectivity index (χ0n) is 7.94. The van der Waals surface area contributed by atoms with E-state index in [4.69, 9.17) is 5.11 Å². The van der Waals surface area contributed by atoms with Gasteiger partial charge in [0.1, 0.15) is 4.88 Å². The van der Waals surface area contributed by atoms with Gasteiger partial charge in [0.05, 0.1) is 5.69 Å². The Kier molecular flexibility index (Phi) is 4.77. The lowest BCUT2D eigenvalue weighted by Gasteiger charge is -1.92. The monoisotopic (exact) mass is 249 g/mol. The number of rotatable bonds is 5. The number of carbonyl (C=O) groups is 1. The van der Waals surface area contributed by atoms with Crippen LogP contribution in [0.5, 0.6) is 0 Å². The Balaban J connectivity index is 2.62. The first-order chi connectivity index (χ1) is 6.65. The highest BCUT2D eigenvalue weighted by atomic mass is 32.2. The lowest BCUT2D eigenvalue weighted by molar-refractivity contribution is 0.0701. The lowest BCUT2D eigenvalue weighted by atomic mass is 10.4. The zero-order valence-corrected chi connectivity index (χ0v) is 10.4. The molecule has 1 heterocycles. The van der Waals surface area contributed by atoms with Crippen LogP contribution >= 0.6 is 34.9 Å². The Morgan fingerprint density at radius 3 is 2.79 bits per heavy atom. The molecule has 14 heavy (non-hydrogen) atoms. The Morgan fingerprint density at radius 1 is 1.57 bits per heavy atom. The van der Waals surface area contributed by atoms with Gasteiger partial charge in [-0.3, -0.25) is 0 Å². The topological polar surface area (TPSA) is 50.2 Å². The van der Waals surface area contributed by atoms with Crippen molar-refractivity contribution in [1.82, 2.24) is 4.98 Å². The molecule has 1 N–H and O–H groups in total. The van der Waals surface area contributed by atoms with E-state index in [1.54, 1.807) is 30.4 Å². The fourth-order valence-corrected chi connectivity index (χ4v) is 3.59. The molecule has 0 amide bonds. The van der Waals surface area contributed by atoms with Crippen molar-refractivity contribution in [3.8, 4) is 0 Å². The standard InChI is InChI=1S/C8H11NO2S3/c1-5-6(7(10)11)14-8(9-5)13-4-3-12-2/h3-4H2,1-2H3,(H,10,11). The largest absolute Gasteiger partial charge is 0.477 e. The molecular weight excluding hydrogens is 238 g/mol. The normalized spacial score (nSPS) is 10.4. The highest BCUT2D eigenvalue weighted by Crippen LogP contribution is 2.27. The van der Waals surface area contributed by atoms with E-state index in [1.165, 1.54) is 11.3 Å². The maximum atomic E-state index is 10.7. The number of hydrogen-bond donors (Lipinski definition) is 1. The van der Waals surface area contributed by atoms with Crippen LogP contribution in [0.3, 0.4) is 0 Å². The van der Waals surface area contributed by atoms with E-state index in [0.717, 1.165) is 15.8 Å². The minimum atomic E-state index is -0.878. The van der Waals surface area contributed by atoms with Crippen LogP contribution in [0.4, 0.5) is 0 Å². The molecule has 0 aromatic carbocycles. The smallest absolute Gasteiger partial charge is 0.347 e. The molecule has 0 aliphatic carbocycles. The molecule has 78 valence electrons. The number of aromatic nitrogens is 1. The van der Waals surface area contributed by atoms with Crippen LogP contribution in [0.15, 0.2) is 4.34 Å². The molecule has 0 bridgehead atoms. The first kappa shape index (κ1) is 11.9. The molecule has 0 aliphatic rings. The van der Waals surface area contributed by atoms with Gasteiger partial charge in [-0.25, -0.2) is 9.78 Å². The van der Waals surface area contributed by atoms with Crippen LogP contribution in [-0.4, -0.2) is 33.8 Å². The molecule has 3 nitrogen and oxygen atoms in total. The second-order valence-electron chi connectivity index (χ2n) is 2.54. The van der Waals surface area contributed by atoms with E-state index in [0.29, 0.717) is 10.6 Å². The fraction of sp³-hybridized carbons (Fsp3) is 0.500. The van der Waals surface area contributed by atoms with Gasteiger partial charge in [0.15, 0.2) is 4.34 Å². The summed E-state index contributed by atoms with van der Waals surface area (Å²) in [7, 11) is 0. The average Bonchev–Trinajstić information content (AvgIpc) is 2.47. The van der Waals surface area contributed by atoms with E-state index >= 15 is 0 Å². The third kappa shape index (κ3) is 3.18. The van der Waals surface area contributed by atoms with Crippen molar-refractivity contribution in [2.24, 2.45) is 0 Å². The zero-order chi connectivity index (χ0) is 10.6. The first-order valence-corrected chi connectivity index (χ1v) is 7.17. The van der Waals surface area contributed by atoms with E-state index in [2.05, 4.69) is 11.2 Å². The lowest BCUT2D eigenvalue weighted by Crippen LogP contribution is -1.94.